The van der Waals surface area contributed by atoms with E-state index in [2.05, 4.69) is 5.32 Å². The first-order chi connectivity index (χ1) is 9.54. The molecule has 1 aromatic rings. The molecule has 0 bridgehead atoms. The van der Waals surface area contributed by atoms with Gasteiger partial charge in [0.15, 0.2) is 0 Å². The van der Waals surface area contributed by atoms with Crippen LogP contribution < -0.4 is 10.1 Å². The third kappa shape index (κ3) is 5.59. The topological polar surface area (TPSA) is 61.8 Å². The minimum atomic E-state index is -0.263. The molecule has 1 atom stereocenters. The van der Waals surface area contributed by atoms with Gasteiger partial charge < -0.3 is 15.2 Å². The van der Waals surface area contributed by atoms with Crippen LogP contribution in [0.15, 0.2) is 24.3 Å². The van der Waals surface area contributed by atoms with E-state index < -0.39 is 0 Å². The van der Waals surface area contributed by atoms with E-state index in [9.17, 15) is 4.79 Å². The Hall–Kier alpha value is -1.59. The molecule has 5 nitrogen and oxygen atoms in total. The summed E-state index contributed by atoms with van der Waals surface area (Å²) in [7, 11) is 1.81. The van der Waals surface area contributed by atoms with Crippen molar-refractivity contribution in [3.05, 3.63) is 29.8 Å². The average molecular weight is 280 g/mol. The van der Waals surface area contributed by atoms with Crippen molar-refractivity contribution in [3.8, 4) is 5.75 Å². The summed E-state index contributed by atoms with van der Waals surface area (Å²) in [5, 5.41) is 11.7. The number of nitrogens with one attached hydrogen (secondary N) is 1. The van der Waals surface area contributed by atoms with Crippen LogP contribution in [0, 0.1) is 6.92 Å². The largest absolute Gasteiger partial charge is 0.492 e. The number of hydrogen-bond donors (Lipinski definition) is 2. The monoisotopic (exact) mass is 280 g/mol. The van der Waals surface area contributed by atoms with E-state index >= 15 is 0 Å². The predicted octanol–water partition coefficient (Wildman–Crippen LogP) is 0.803. The van der Waals surface area contributed by atoms with Crippen molar-refractivity contribution >= 4 is 5.91 Å². The van der Waals surface area contributed by atoms with Crippen molar-refractivity contribution in [3.63, 3.8) is 0 Å². The first-order valence-corrected chi connectivity index (χ1v) is 6.83. The molecule has 0 spiro atoms. The Morgan fingerprint density at radius 3 is 2.90 bits per heavy atom. The van der Waals surface area contributed by atoms with Crippen molar-refractivity contribution in [2.75, 3.05) is 33.4 Å². The second-order valence-corrected chi connectivity index (χ2v) is 4.84. The van der Waals surface area contributed by atoms with E-state index in [1.54, 1.807) is 4.90 Å². The summed E-state index contributed by atoms with van der Waals surface area (Å²) in [4.78, 5) is 13.6. The van der Waals surface area contributed by atoms with E-state index in [0.717, 1.165) is 11.3 Å². The molecule has 0 aromatic heterocycles. The van der Waals surface area contributed by atoms with E-state index in [1.807, 2.05) is 45.2 Å². The van der Waals surface area contributed by atoms with Crippen LogP contribution in [0.4, 0.5) is 0 Å². The van der Waals surface area contributed by atoms with Gasteiger partial charge in [-0.05, 0) is 38.6 Å². The molecule has 0 saturated heterocycles. The molecule has 2 N–H and O–H groups in total. The number of aliphatic hydroxyl groups is 1. The fourth-order valence-electron chi connectivity index (χ4n) is 1.75. The molecule has 112 valence electrons. The van der Waals surface area contributed by atoms with Gasteiger partial charge in [0.25, 0.3) is 0 Å². The fraction of sp³-hybridized carbons (Fsp3) is 0.533. The van der Waals surface area contributed by atoms with Gasteiger partial charge >= 0.3 is 0 Å². The Labute approximate surface area is 120 Å². The quantitative estimate of drug-likeness (QED) is 0.692. The number of aryl methyl sites for hydroxylation is 1. The minimum Gasteiger partial charge on any atom is -0.492 e. The van der Waals surface area contributed by atoms with Gasteiger partial charge in [-0.3, -0.25) is 9.69 Å². The fourth-order valence-corrected chi connectivity index (χ4v) is 1.75. The molecule has 0 radical (unpaired) electrons. The first-order valence-electron chi connectivity index (χ1n) is 6.83. The molecule has 0 aliphatic rings. The van der Waals surface area contributed by atoms with Crippen LogP contribution >= 0.6 is 0 Å². The number of rotatable bonds is 8. The molecule has 1 rings (SSSR count). The number of carbonyl (C=O) groups excluding carboxylic acids is 1. The lowest BCUT2D eigenvalue weighted by atomic mass is 10.2. The Morgan fingerprint density at radius 1 is 1.50 bits per heavy atom. The highest BCUT2D eigenvalue weighted by molar-refractivity contribution is 5.81. The lowest BCUT2D eigenvalue weighted by molar-refractivity contribution is -0.125. The van der Waals surface area contributed by atoms with E-state index in [4.69, 9.17) is 9.84 Å². The maximum Gasteiger partial charge on any atom is 0.237 e. The highest BCUT2D eigenvalue weighted by Gasteiger charge is 2.16. The normalized spacial score (nSPS) is 12.2. The molecule has 0 fully saturated rings. The molecule has 5 heteroatoms. The number of benzene rings is 1. The zero-order valence-corrected chi connectivity index (χ0v) is 12.4. The summed E-state index contributed by atoms with van der Waals surface area (Å²) in [6.45, 7) is 5.24. The molecule has 1 aromatic carbocycles. The molecule has 1 amide bonds. The van der Waals surface area contributed by atoms with Crippen LogP contribution in [-0.2, 0) is 4.79 Å². The van der Waals surface area contributed by atoms with Crippen LogP contribution in [0.1, 0.15) is 12.5 Å². The molecular weight excluding hydrogens is 256 g/mol. The molecule has 20 heavy (non-hydrogen) atoms. The van der Waals surface area contributed by atoms with Crippen LogP contribution in [0.25, 0.3) is 0 Å². The molecule has 0 aliphatic carbocycles. The van der Waals surface area contributed by atoms with Gasteiger partial charge in [0, 0.05) is 6.54 Å². The van der Waals surface area contributed by atoms with Crippen LogP contribution in [0.2, 0.25) is 0 Å². The summed E-state index contributed by atoms with van der Waals surface area (Å²) in [5.74, 6) is 0.749. The maximum absolute atomic E-state index is 11.8. The molecule has 1 unspecified atom stereocenters. The van der Waals surface area contributed by atoms with Crippen LogP contribution in [-0.4, -0.2) is 55.3 Å². The van der Waals surface area contributed by atoms with Crippen molar-refractivity contribution in [1.29, 1.82) is 0 Å². The summed E-state index contributed by atoms with van der Waals surface area (Å²) in [6.07, 6.45) is 0. The Kier molecular flexibility index (Phi) is 7.04. The number of amides is 1. The summed E-state index contributed by atoms with van der Waals surface area (Å²) < 4.78 is 5.56. The van der Waals surface area contributed by atoms with E-state index in [0.29, 0.717) is 19.7 Å². The second-order valence-electron chi connectivity index (χ2n) is 4.84. The number of aliphatic hydroxyl groups excluding tert-OH is 1. The standard InChI is InChI=1S/C15H24N2O3/c1-12-5-4-6-14(11-12)20-10-7-16-15(19)13(2)17(3)8-9-18/h4-6,11,13,18H,7-10H2,1-3H3,(H,16,19). The van der Waals surface area contributed by atoms with Gasteiger partial charge in [0.1, 0.15) is 12.4 Å². The van der Waals surface area contributed by atoms with E-state index in [-0.39, 0.29) is 18.6 Å². The molecule has 0 saturated carbocycles. The lowest BCUT2D eigenvalue weighted by Crippen LogP contribution is -2.45. The Morgan fingerprint density at radius 2 is 2.25 bits per heavy atom. The van der Waals surface area contributed by atoms with E-state index in [1.165, 1.54) is 0 Å². The van der Waals surface area contributed by atoms with Gasteiger partial charge in [-0.1, -0.05) is 12.1 Å². The van der Waals surface area contributed by atoms with Crippen LogP contribution in [0.3, 0.4) is 0 Å². The minimum absolute atomic E-state index is 0.0462. The molecule has 0 aliphatic heterocycles. The lowest BCUT2D eigenvalue weighted by Gasteiger charge is -2.22. The van der Waals surface area contributed by atoms with Crippen molar-refractivity contribution in [1.82, 2.24) is 10.2 Å². The maximum atomic E-state index is 11.8. The van der Waals surface area contributed by atoms with Gasteiger partial charge in [0.05, 0.1) is 19.2 Å². The number of carbonyl (C=O) groups is 1. The third-order valence-corrected chi connectivity index (χ3v) is 3.15. The number of nitrogens with zero attached hydrogens (tertiary/aromatic N) is 1. The SMILES string of the molecule is Cc1cccc(OCCNC(=O)C(C)N(C)CCO)c1. The summed E-state index contributed by atoms with van der Waals surface area (Å²) in [6, 6.07) is 7.54. The van der Waals surface area contributed by atoms with Crippen LogP contribution in [0.5, 0.6) is 5.75 Å². The predicted molar refractivity (Wildman–Crippen MR) is 78.9 cm³/mol. The number of hydrogen-bond acceptors (Lipinski definition) is 4. The smallest absolute Gasteiger partial charge is 0.237 e. The number of ether oxygens (including phenoxy) is 1. The highest BCUT2D eigenvalue weighted by Crippen LogP contribution is 2.11. The van der Waals surface area contributed by atoms with Crippen molar-refractivity contribution in [2.45, 2.75) is 19.9 Å². The Bertz CT molecular complexity index is 423. The van der Waals surface area contributed by atoms with Crippen molar-refractivity contribution in [2.24, 2.45) is 0 Å². The zero-order valence-electron chi connectivity index (χ0n) is 12.4. The summed E-state index contributed by atoms with van der Waals surface area (Å²) >= 11 is 0. The second kappa shape index (κ2) is 8.55. The molecular formula is C15H24N2O3. The Balaban J connectivity index is 2.25. The summed E-state index contributed by atoms with van der Waals surface area (Å²) in [5.41, 5.74) is 1.14. The number of likely N-dealkylation sites (N-methyl/N-ethyl adjacent to an activating group) is 1. The first kappa shape index (κ1) is 16.5. The highest BCUT2D eigenvalue weighted by atomic mass is 16.5. The molecule has 0 heterocycles. The van der Waals surface area contributed by atoms with Crippen molar-refractivity contribution < 1.29 is 14.6 Å². The third-order valence-electron chi connectivity index (χ3n) is 3.15. The van der Waals surface area contributed by atoms with Gasteiger partial charge in [-0.25, -0.2) is 0 Å². The van der Waals surface area contributed by atoms with Gasteiger partial charge in [-0.2, -0.15) is 0 Å². The van der Waals surface area contributed by atoms with Gasteiger partial charge in [-0.15, -0.1) is 0 Å². The average Bonchev–Trinajstić information content (AvgIpc) is 2.43. The zero-order chi connectivity index (χ0) is 15.0. The van der Waals surface area contributed by atoms with Gasteiger partial charge in [0.2, 0.25) is 5.91 Å².